The largest absolute Gasteiger partial charge is 0.338 e. The van der Waals surface area contributed by atoms with Crippen molar-refractivity contribution >= 4 is 27.4 Å². The number of halogens is 1. The maximum atomic E-state index is 14.0. The van der Waals surface area contributed by atoms with E-state index in [1.54, 1.807) is 0 Å². The third kappa shape index (κ3) is 4.55. The van der Waals surface area contributed by atoms with Crippen molar-refractivity contribution in [3.63, 3.8) is 0 Å². The highest BCUT2D eigenvalue weighted by atomic mass is 32.2. The Bertz CT molecular complexity index is 808. The van der Waals surface area contributed by atoms with Gasteiger partial charge in [-0.05, 0) is 56.7 Å². The highest BCUT2D eigenvalue weighted by Crippen LogP contribution is 2.28. The zero-order valence-corrected chi connectivity index (χ0v) is 15.4. The number of hydrogen-bond donors (Lipinski definition) is 2. The van der Waals surface area contributed by atoms with E-state index < -0.39 is 21.9 Å². The van der Waals surface area contributed by atoms with Gasteiger partial charge in [-0.2, -0.15) is 0 Å². The number of sulfonamides is 1. The van der Waals surface area contributed by atoms with Crippen molar-refractivity contribution in [3.8, 4) is 0 Å². The fourth-order valence-corrected chi connectivity index (χ4v) is 4.88. The molecule has 2 aliphatic rings. The van der Waals surface area contributed by atoms with Gasteiger partial charge in [0.05, 0.1) is 17.1 Å². The number of rotatable bonds is 5. The number of allylic oxidation sites excluding steroid dienone is 1. The smallest absolute Gasteiger partial charge is 0.319 e. The SMILES string of the molecule is O=C(NCCC1=CCCCC1)Nc1cc(N2CCCS2(=O)=O)ccc1F. The van der Waals surface area contributed by atoms with Gasteiger partial charge in [0.15, 0.2) is 0 Å². The van der Waals surface area contributed by atoms with Crippen molar-refractivity contribution in [2.45, 2.75) is 38.5 Å². The molecule has 1 aliphatic carbocycles. The van der Waals surface area contributed by atoms with Gasteiger partial charge in [-0.1, -0.05) is 11.6 Å². The van der Waals surface area contributed by atoms with Gasteiger partial charge in [-0.3, -0.25) is 4.31 Å². The van der Waals surface area contributed by atoms with E-state index in [1.807, 2.05) is 0 Å². The average Bonchev–Trinajstić information content (AvgIpc) is 2.97. The minimum atomic E-state index is -3.35. The lowest BCUT2D eigenvalue weighted by Gasteiger charge is -2.18. The first kappa shape index (κ1) is 18.7. The predicted octanol–water partition coefficient (Wildman–Crippen LogP) is 3.38. The molecule has 142 valence electrons. The molecule has 0 atom stereocenters. The minimum absolute atomic E-state index is 0.0287. The normalized spacial score (nSPS) is 19.1. The molecule has 1 heterocycles. The van der Waals surface area contributed by atoms with E-state index in [2.05, 4.69) is 16.7 Å². The summed E-state index contributed by atoms with van der Waals surface area (Å²) in [7, 11) is -3.35. The summed E-state index contributed by atoms with van der Waals surface area (Å²) < 4.78 is 39.3. The number of nitrogens with zero attached hydrogens (tertiary/aromatic N) is 1. The summed E-state index contributed by atoms with van der Waals surface area (Å²) in [6.45, 7) is 0.855. The highest BCUT2D eigenvalue weighted by molar-refractivity contribution is 7.93. The Balaban J connectivity index is 1.59. The standard InChI is InChI=1S/C18H24FN3O3S/c19-16-8-7-15(22-11-4-12-26(22,24)25)13-17(16)21-18(23)20-10-9-14-5-2-1-3-6-14/h5,7-8,13H,1-4,6,9-12H2,(H2,20,21,23). The summed E-state index contributed by atoms with van der Waals surface area (Å²) in [6, 6.07) is 3.45. The number of amides is 2. The van der Waals surface area contributed by atoms with Crippen molar-refractivity contribution in [1.82, 2.24) is 5.32 Å². The molecule has 0 bridgehead atoms. The molecular weight excluding hydrogens is 357 g/mol. The fourth-order valence-electron chi connectivity index (χ4n) is 3.33. The second kappa shape index (κ2) is 8.07. The van der Waals surface area contributed by atoms with Gasteiger partial charge in [-0.25, -0.2) is 17.6 Å². The van der Waals surface area contributed by atoms with Crippen LogP contribution in [-0.2, 0) is 10.0 Å². The molecule has 1 saturated heterocycles. The van der Waals surface area contributed by atoms with Crippen LogP contribution >= 0.6 is 0 Å². The highest BCUT2D eigenvalue weighted by Gasteiger charge is 2.28. The summed E-state index contributed by atoms with van der Waals surface area (Å²) in [4.78, 5) is 12.0. The maximum Gasteiger partial charge on any atom is 0.319 e. The van der Waals surface area contributed by atoms with E-state index in [-0.39, 0.29) is 11.4 Å². The number of benzene rings is 1. The maximum absolute atomic E-state index is 14.0. The van der Waals surface area contributed by atoms with E-state index in [1.165, 1.54) is 40.9 Å². The zero-order chi connectivity index (χ0) is 18.6. The van der Waals surface area contributed by atoms with E-state index in [9.17, 15) is 17.6 Å². The molecule has 0 saturated carbocycles. The third-order valence-corrected chi connectivity index (χ3v) is 6.57. The van der Waals surface area contributed by atoms with Crippen LogP contribution in [0.15, 0.2) is 29.8 Å². The van der Waals surface area contributed by atoms with Gasteiger partial charge in [0.1, 0.15) is 5.82 Å². The number of nitrogens with one attached hydrogen (secondary N) is 2. The molecule has 0 spiro atoms. The van der Waals surface area contributed by atoms with Crippen LogP contribution < -0.4 is 14.9 Å². The van der Waals surface area contributed by atoms with Gasteiger partial charge < -0.3 is 10.6 Å². The lowest BCUT2D eigenvalue weighted by molar-refractivity contribution is 0.252. The molecular formula is C18H24FN3O3S. The number of anilines is 2. The lowest BCUT2D eigenvalue weighted by Crippen LogP contribution is -2.30. The molecule has 1 aromatic rings. The van der Waals surface area contributed by atoms with Crippen molar-refractivity contribution in [3.05, 3.63) is 35.7 Å². The van der Waals surface area contributed by atoms with Gasteiger partial charge in [0.2, 0.25) is 10.0 Å². The van der Waals surface area contributed by atoms with E-state index in [4.69, 9.17) is 0 Å². The number of carbonyl (C=O) groups excluding carboxylic acids is 1. The Hall–Kier alpha value is -2.09. The van der Waals surface area contributed by atoms with Crippen LogP contribution in [0.3, 0.4) is 0 Å². The van der Waals surface area contributed by atoms with Crippen LogP contribution in [0, 0.1) is 5.82 Å². The van der Waals surface area contributed by atoms with Crippen LogP contribution in [0.1, 0.15) is 38.5 Å². The first-order valence-electron chi connectivity index (χ1n) is 8.98. The Morgan fingerprint density at radius 2 is 2.08 bits per heavy atom. The van der Waals surface area contributed by atoms with Crippen molar-refractivity contribution in [2.24, 2.45) is 0 Å². The quantitative estimate of drug-likeness (QED) is 0.768. The van der Waals surface area contributed by atoms with E-state index in [0.29, 0.717) is 25.2 Å². The predicted molar refractivity (Wildman–Crippen MR) is 100 cm³/mol. The Morgan fingerprint density at radius 1 is 1.23 bits per heavy atom. The molecule has 6 nitrogen and oxygen atoms in total. The van der Waals surface area contributed by atoms with Gasteiger partial charge in [0, 0.05) is 13.1 Å². The Labute approximate surface area is 153 Å². The van der Waals surface area contributed by atoms with Crippen molar-refractivity contribution in [2.75, 3.05) is 28.5 Å². The summed E-state index contributed by atoms with van der Waals surface area (Å²) in [5, 5.41) is 5.19. The lowest BCUT2D eigenvalue weighted by atomic mass is 9.97. The second-order valence-corrected chi connectivity index (χ2v) is 8.66. The topological polar surface area (TPSA) is 78.5 Å². The molecule has 1 fully saturated rings. The van der Waals surface area contributed by atoms with Crippen LogP contribution in [-0.4, -0.2) is 33.3 Å². The van der Waals surface area contributed by atoms with Crippen LogP contribution in [0.4, 0.5) is 20.6 Å². The van der Waals surface area contributed by atoms with E-state index >= 15 is 0 Å². The minimum Gasteiger partial charge on any atom is -0.338 e. The summed E-state index contributed by atoms with van der Waals surface area (Å²) in [5.41, 5.74) is 1.69. The van der Waals surface area contributed by atoms with Crippen molar-refractivity contribution in [1.29, 1.82) is 0 Å². The number of hydrogen-bond acceptors (Lipinski definition) is 3. The molecule has 8 heteroatoms. The molecule has 2 N–H and O–H groups in total. The first-order chi connectivity index (χ1) is 12.5. The monoisotopic (exact) mass is 381 g/mol. The van der Waals surface area contributed by atoms with Gasteiger partial charge >= 0.3 is 6.03 Å². The molecule has 0 radical (unpaired) electrons. The number of carbonyl (C=O) groups is 1. The molecule has 0 aromatic heterocycles. The van der Waals surface area contributed by atoms with Crippen LogP contribution in [0.25, 0.3) is 0 Å². The summed E-state index contributed by atoms with van der Waals surface area (Å²) >= 11 is 0. The fraction of sp³-hybridized carbons (Fsp3) is 0.500. The zero-order valence-electron chi connectivity index (χ0n) is 14.6. The molecule has 1 aliphatic heterocycles. The second-order valence-electron chi connectivity index (χ2n) is 6.64. The Morgan fingerprint density at radius 3 is 2.77 bits per heavy atom. The first-order valence-corrected chi connectivity index (χ1v) is 10.6. The van der Waals surface area contributed by atoms with Gasteiger partial charge in [-0.15, -0.1) is 0 Å². The molecule has 3 rings (SSSR count). The third-order valence-electron chi connectivity index (χ3n) is 4.70. The molecule has 26 heavy (non-hydrogen) atoms. The molecule has 2 amide bonds. The summed E-state index contributed by atoms with van der Waals surface area (Å²) in [6.07, 6.45) is 8.14. The van der Waals surface area contributed by atoms with Gasteiger partial charge in [0.25, 0.3) is 0 Å². The molecule has 1 aromatic carbocycles. The Kier molecular flexibility index (Phi) is 5.80. The molecule has 0 unspecified atom stereocenters. The van der Waals surface area contributed by atoms with E-state index in [0.717, 1.165) is 19.3 Å². The summed E-state index contributed by atoms with van der Waals surface area (Å²) in [5.74, 6) is -0.515. The number of urea groups is 1. The van der Waals surface area contributed by atoms with Crippen LogP contribution in [0.5, 0.6) is 0 Å². The van der Waals surface area contributed by atoms with Crippen molar-refractivity contribution < 1.29 is 17.6 Å². The van der Waals surface area contributed by atoms with Crippen LogP contribution in [0.2, 0.25) is 0 Å². The average molecular weight is 381 g/mol.